The minimum absolute atomic E-state index is 0.129. The Morgan fingerprint density at radius 3 is 3.00 bits per heavy atom. The van der Waals surface area contributed by atoms with Crippen molar-refractivity contribution in [3.8, 4) is 0 Å². The third-order valence-electron chi connectivity index (χ3n) is 6.35. The van der Waals surface area contributed by atoms with Crippen molar-refractivity contribution in [3.05, 3.63) is 35.5 Å². The van der Waals surface area contributed by atoms with E-state index >= 15 is 0 Å². The van der Waals surface area contributed by atoms with Crippen LogP contribution in [-0.4, -0.2) is 27.7 Å². The number of fused-ring (bicyclic) bond motifs is 3. The van der Waals surface area contributed by atoms with E-state index in [0.717, 1.165) is 12.8 Å². The van der Waals surface area contributed by atoms with Crippen molar-refractivity contribution in [1.82, 2.24) is 9.47 Å². The van der Waals surface area contributed by atoms with E-state index in [0.29, 0.717) is 5.92 Å². The van der Waals surface area contributed by atoms with E-state index in [-0.39, 0.29) is 11.8 Å². The van der Waals surface area contributed by atoms with Crippen LogP contribution in [0, 0.1) is 5.92 Å². The van der Waals surface area contributed by atoms with Crippen LogP contribution in [0.4, 0.5) is 0 Å². The van der Waals surface area contributed by atoms with Gasteiger partial charge in [0.05, 0.1) is 11.1 Å². The Labute approximate surface area is 125 Å². The van der Waals surface area contributed by atoms with Crippen LogP contribution in [-0.2, 0) is 12.0 Å². The Bertz CT molecular complexity index is 734. The summed E-state index contributed by atoms with van der Waals surface area (Å²) < 4.78 is 2.25. The number of benzene rings is 1. The second-order valence-corrected chi connectivity index (χ2v) is 7.15. The Morgan fingerprint density at radius 2 is 2.10 bits per heavy atom. The van der Waals surface area contributed by atoms with E-state index in [1.807, 2.05) is 0 Å². The highest BCUT2D eigenvalue weighted by molar-refractivity contribution is 5.86. The van der Waals surface area contributed by atoms with Crippen molar-refractivity contribution < 1.29 is 5.11 Å². The molecule has 1 N–H and O–H groups in total. The van der Waals surface area contributed by atoms with Crippen molar-refractivity contribution in [2.75, 3.05) is 13.1 Å². The van der Waals surface area contributed by atoms with Gasteiger partial charge in [0, 0.05) is 17.6 Å². The summed E-state index contributed by atoms with van der Waals surface area (Å²) in [7, 11) is 0. The van der Waals surface area contributed by atoms with Gasteiger partial charge < -0.3 is 9.67 Å². The molecule has 1 aromatic heterocycles. The summed E-state index contributed by atoms with van der Waals surface area (Å²) in [6, 6.07) is 8.63. The summed E-state index contributed by atoms with van der Waals surface area (Å²) in [5.41, 5.74) is 4.26. The highest BCUT2D eigenvalue weighted by Gasteiger charge is 2.52. The molecule has 0 bridgehead atoms. The number of hydrogen-bond acceptors (Lipinski definition) is 2. The van der Waals surface area contributed by atoms with Gasteiger partial charge in [-0.15, -0.1) is 0 Å². The third-order valence-corrected chi connectivity index (χ3v) is 6.35. The molecule has 0 aliphatic carbocycles. The number of aromatic nitrogens is 1. The molecular weight excluding hydrogens is 260 g/mol. The van der Waals surface area contributed by atoms with Gasteiger partial charge in [-0.1, -0.05) is 18.2 Å². The first-order chi connectivity index (χ1) is 10.2. The predicted molar refractivity (Wildman–Crippen MR) is 83.2 cm³/mol. The number of para-hydroxylation sites is 1. The standard InChI is InChI=1S/C18H22N2O/c1-18-12-5-4-9-19(18)10-8-14-13-6-2-3-7-15(13)20(17(14)18)16(21)11-12/h2-3,6-7,12,16,21H,4-5,8-11H2,1H3/t12-,16+,18+/m0/s1. The molecule has 21 heavy (non-hydrogen) atoms. The third kappa shape index (κ3) is 1.32. The molecule has 3 heteroatoms. The van der Waals surface area contributed by atoms with Crippen LogP contribution in [0.5, 0.6) is 0 Å². The molecule has 3 aliphatic rings. The van der Waals surface area contributed by atoms with E-state index in [1.54, 1.807) is 0 Å². The van der Waals surface area contributed by atoms with E-state index in [1.165, 1.54) is 48.1 Å². The maximum absolute atomic E-state index is 10.8. The number of nitrogens with zero attached hydrogens (tertiary/aromatic N) is 2. The number of hydrogen-bond donors (Lipinski definition) is 1. The fourth-order valence-electron chi connectivity index (χ4n) is 5.39. The molecule has 5 rings (SSSR count). The normalized spacial score (nSPS) is 35.0. The highest BCUT2D eigenvalue weighted by atomic mass is 16.3. The molecule has 1 saturated heterocycles. The van der Waals surface area contributed by atoms with Gasteiger partial charge in [0.1, 0.15) is 6.23 Å². The highest BCUT2D eigenvalue weighted by Crippen LogP contribution is 2.54. The lowest BCUT2D eigenvalue weighted by molar-refractivity contribution is -0.0717. The number of aliphatic hydroxyl groups excluding tert-OH is 1. The minimum Gasteiger partial charge on any atom is -0.373 e. The first-order valence-electron chi connectivity index (χ1n) is 8.26. The summed E-state index contributed by atoms with van der Waals surface area (Å²) in [6.07, 6.45) is 4.21. The van der Waals surface area contributed by atoms with E-state index in [4.69, 9.17) is 0 Å². The first kappa shape index (κ1) is 12.2. The quantitative estimate of drug-likeness (QED) is 0.804. The van der Waals surface area contributed by atoms with E-state index < -0.39 is 0 Å². The average Bonchev–Trinajstić information content (AvgIpc) is 2.83. The summed E-state index contributed by atoms with van der Waals surface area (Å²) >= 11 is 0. The summed E-state index contributed by atoms with van der Waals surface area (Å²) in [4.78, 5) is 2.69. The summed E-state index contributed by atoms with van der Waals surface area (Å²) in [5, 5.41) is 12.1. The smallest absolute Gasteiger partial charge is 0.131 e. The van der Waals surface area contributed by atoms with Gasteiger partial charge in [-0.2, -0.15) is 0 Å². The molecular formula is C18H22N2O. The lowest BCUT2D eigenvalue weighted by Gasteiger charge is -2.56. The van der Waals surface area contributed by atoms with Crippen molar-refractivity contribution in [2.24, 2.45) is 5.92 Å². The van der Waals surface area contributed by atoms with E-state index in [9.17, 15) is 5.11 Å². The van der Waals surface area contributed by atoms with Crippen LogP contribution in [0.15, 0.2) is 24.3 Å². The van der Waals surface area contributed by atoms with Crippen LogP contribution in [0.1, 0.15) is 43.7 Å². The van der Waals surface area contributed by atoms with Crippen molar-refractivity contribution in [3.63, 3.8) is 0 Å². The van der Waals surface area contributed by atoms with Crippen LogP contribution in [0.25, 0.3) is 10.9 Å². The molecule has 0 radical (unpaired) electrons. The van der Waals surface area contributed by atoms with Gasteiger partial charge >= 0.3 is 0 Å². The second kappa shape index (κ2) is 3.90. The first-order valence-corrected chi connectivity index (χ1v) is 8.26. The molecule has 4 heterocycles. The number of rotatable bonds is 0. The van der Waals surface area contributed by atoms with Gasteiger partial charge in [-0.05, 0) is 56.7 Å². The Hall–Kier alpha value is -1.32. The molecule has 3 atom stereocenters. The molecule has 110 valence electrons. The molecule has 3 nitrogen and oxygen atoms in total. The van der Waals surface area contributed by atoms with Crippen molar-refractivity contribution >= 4 is 10.9 Å². The maximum atomic E-state index is 10.8. The zero-order valence-corrected chi connectivity index (χ0v) is 12.5. The average molecular weight is 282 g/mol. The fraction of sp³-hybridized carbons (Fsp3) is 0.556. The Morgan fingerprint density at radius 1 is 1.24 bits per heavy atom. The molecule has 1 fully saturated rings. The SMILES string of the molecule is C[C@]12c3c4c5ccccc5n3[C@H](O)C[C@@H]1CCCN2CC4. The lowest BCUT2D eigenvalue weighted by Crippen LogP contribution is -2.59. The van der Waals surface area contributed by atoms with E-state index in [2.05, 4.69) is 40.7 Å². The summed E-state index contributed by atoms with van der Waals surface area (Å²) in [5.74, 6) is 0.595. The minimum atomic E-state index is -0.352. The maximum Gasteiger partial charge on any atom is 0.131 e. The van der Waals surface area contributed by atoms with Crippen LogP contribution >= 0.6 is 0 Å². The molecule has 0 spiro atoms. The number of piperidine rings is 1. The monoisotopic (exact) mass is 282 g/mol. The van der Waals surface area contributed by atoms with Crippen molar-refractivity contribution in [2.45, 2.75) is 44.4 Å². The van der Waals surface area contributed by atoms with Gasteiger partial charge in [-0.25, -0.2) is 0 Å². The zero-order chi connectivity index (χ0) is 14.2. The molecule has 0 unspecified atom stereocenters. The van der Waals surface area contributed by atoms with Crippen LogP contribution < -0.4 is 0 Å². The van der Waals surface area contributed by atoms with Gasteiger partial charge in [0.15, 0.2) is 0 Å². The molecule has 2 aromatic rings. The second-order valence-electron chi connectivity index (χ2n) is 7.15. The molecule has 3 aliphatic heterocycles. The molecule has 1 aromatic carbocycles. The Balaban J connectivity index is 1.90. The zero-order valence-electron chi connectivity index (χ0n) is 12.5. The van der Waals surface area contributed by atoms with Gasteiger partial charge in [0.25, 0.3) is 0 Å². The van der Waals surface area contributed by atoms with Crippen molar-refractivity contribution in [1.29, 1.82) is 0 Å². The van der Waals surface area contributed by atoms with Gasteiger partial charge in [-0.3, -0.25) is 4.90 Å². The summed E-state index contributed by atoms with van der Waals surface area (Å²) in [6.45, 7) is 4.81. The lowest BCUT2D eigenvalue weighted by atomic mass is 9.68. The molecule has 0 amide bonds. The molecule has 0 saturated carbocycles. The Kier molecular flexibility index (Phi) is 2.28. The van der Waals surface area contributed by atoms with Crippen LogP contribution in [0.3, 0.4) is 0 Å². The topological polar surface area (TPSA) is 28.4 Å². The van der Waals surface area contributed by atoms with Gasteiger partial charge in [0.2, 0.25) is 0 Å². The largest absolute Gasteiger partial charge is 0.373 e. The predicted octanol–water partition coefficient (Wildman–Crippen LogP) is 3.02. The van der Waals surface area contributed by atoms with Crippen LogP contribution in [0.2, 0.25) is 0 Å². The number of aliphatic hydroxyl groups is 1. The fourth-order valence-corrected chi connectivity index (χ4v) is 5.39.